The number of hydrogen-bond acceptors (Lipinski definition) is 7. The first-order valence-corrected chi connectivity index (χ1v) is 13.5. The Morgan fingerprint density at radius 3 is 2.46 bits per heavy atom. The Hall–Kier alpha value is -2.53. The third-order valence-corrected chi connectivity index (χ3v) is 8.62. The molecule has 0 unspecified atom stereocenters. The maximum Gasteiger partial charge on any atom is 0.410 e. The van der Waals surface area contributed by atoms with Crippen molar-refractivity contribution in [3.63, 3.8) is 0 Å². The van der Waals surface area contributed by atoms with Crippen molar-refractivity contribution in [1.29, 1.82) is 0 Å². The summed E-state index contributed by atoms with van der Waals surface area (Å²) in [5.41, 5.74) is 2.06. The third kappa shape index (κ3) is 4.54. The number of anilines is 1. The summed E-state index contributed by atoms with van der Waals surface area (Å²) in [6.07, 6.45) is 1.12. The van der Waals surface area contributed by atoms with Crippen LogP contribution in [0.5, 0.6) is 0 Å². The van der Waals surface area contributed by atoms with Crippen LogP contribution in [0.4, 0.5) is 15.0 Å². The normalized spacial score (nSPS) is 18.6. The lowest BCUT2D eigenvalue weighted by Crippen LogP contribution is -2.67. The molecule has 0 radical (unpaired) electrons. The number of piperidine rings is 1. The predicted octanol–water partition coefficient (Wildman–Crippen LogP) is 4.90. The molecule has 0 spiro atoms. The zero-order valence-electron chi connectivity index (χ0n) is 22.6. The van der Waals surface area contributed by atoms with Gasteiger partial charge in [-0.25, -0.2) is 18.9 Å². The zero-order valence-corrected chi connectivity index (χ0v) is 24.2. The number of ether oxygens (including phenoxy) is 1. The predicted molar refractivity (Wildman–Crippen MR) is 146 cm³/mol. The Labute approximate surface area is 225 Å². The summed E-state index contributed by atoms with van der Waals surface area (Å²) in [6.45, 7) is 12.3. The first-order chi connectivity index (χ1) is 17.3. The van der Waals surface area contributed by atoms with Crippen LogP contribution >= 0.6 is 15.9 Å². The van der Waals surface area contributed by atoms with E-state index in [4.69, 9.17) is 9.72 Å². The molecule has 1 amide bonds. The number of carbonyl (C=O) groups excluding carboxylic acids is 1. The van der Waals surface area contributed by atoms with Gasteiger partial charge in [-0.3, -0.25) is 0 Å². The minimum Gasteiger partial charge on any atom is -0.444 e. The molecule has 0 aliphatic carbocycles. The number of benzene rings is 1. The molecule has 200 valence electrons. The van der Waals surface area contributed by atoms with Gasteiger partial charge < -0.3 is 19.4 Å². The molecule has 2 aliphatic rings. The zero-order chi connectivity index (χ0) is 26.9. The molecule has 1 aromatic carbocycles. The molecule has 37 heavy (non-hydrogen) atoms. The monoisotopic (exact) mass is 575 g/mol. The van der Waals surface area contributed by atoms with E-state index in [1.165, 1.54) is 0 Å². The van der Waals surface area contributed by atoms with Crippen LogP contribution in [0.15, 0.2) is 10.5 Å². The van der Waals surface area contributed by atoms with Gasteiger partial charge in [0.2, 0.25) is 0 Å². The molecule has 0 atom stereocenters. The van der Waals surface area contributed by atoms with Crippen LogP contribution in [0, 0.1) is 12.7 Å². The average Bonchev–Trinajstić information content (AvgIpc) is 3.25. The summed E-state index contributed by atoms with van der Waals surface area (Å²) in [5.74, 6) is 0.287. The van der Waals surface area contributed by atoms with Crippen LogP contribution in [0.25, 0.3) is 21.9 Å². The first-order valence-electron chi connectivity index (χ1n) is 12.7. The summed E-state index contributed by atoms with van der Waals surface area (Å²) in [4.78, 5) is 23.5. The van der Waals surface area contributed by atoms with Gasteiger partial charge >= 0.3 is 6.09 Å². The van der Waals surface area contributed by atoms with Gasteiger partial charge in [-0.15, -0.1) is 5.10 Å². The number of hydrogen-bond donors (Lipinski definition) is 0. The topological polar surface area (TPSA) is 79.6 Å². The van der Waals surface area contributed by atoms with E-state index in [-0.39, 0.29) is 23.5 Å². The fourth-order valence-electron chi connectivity index (χ4n) is 5.19. The minimum atomic E-state index is -0.534. The van der Waals surface area contributed by atoms with Gasteiger partial charge in [0.25, 0.3) is 0 Å². The molecule has 0 saturated carbocycles. The number of amides is 1. The maximum absolute atomic E-state index is 15.5. The second kappa shape index (κ2) is 9.04. The van der Waals surface area contributed by atoms with E-state index in [2.05, 4.69) is 57.1 Å². The lowest BCUT2D eigenvalue weighted by Gasteiger charge is -2.52. The van der Waals surface area contributed by atoms with E-state index < -0.39 is 5.60 Å². The fraction of sp³-hybridized carbons (Fsp3) is 0.615. The lowest BCUT2D eigenvalue weighted by molar-refractivity contribution is 0.0185. The van der Waals surface area contributed by atoms with Crippen molar-refractivity contribution in [3.05, 3.63) is 21.9 Å². The Kier molecular flexibility index (Phi) is 6.38. The smallest absolute Gasteiger partial charge is 0.410 e. The Morgan fingerprint density at radius 2 is 1.86 bits per heavy atom. The highest BCUT2D eigenvalue weighted by Crippen LogP contribution is 2.40. The van der Waals surface area contributed by atoms with Gasteiger partial charge in [0, 0.05) is 31.6 Å². The number of aromatic nitrogens is 4. The van der Waals surface area contributed by atoms with Crippen molar-refractivity contribution in [2.24, 2.45) is 0 Å². The summed E-state index contributed by atoms with van der Waals surface area (Å²) in [5, 5.41) is 9.85. The third-order valence-electron chi connectivity index (χ3n) is 7.65. The molecule has 2 fully saturated rings. The van der Waals surface area contributed by atoms with E-state index in [0.29, 0.717) is 52.6 Å². The summed E-state index contributed by atoms with van der Waals surface area (Å²) < 4.78 is 23.4. The number of rotatable bonds is 3. The van der Waals surface area contributed by atoms with Crippen molar-refractivity contribution in [2.45, 2.75) is 64.6 Å². The average molecular weight is 577 g/mol. The van der Waals surface area contributed by atoms with E-state index in [9.17, 15) is 4.79 Å². The molecule has 2 aromatic heterocycles. The van der Waals surface area contributed by atoms with E-state index in [1.807, 2.05) is 38.4 Å². The van der Waals surface area contributed by atoms with Crippen LogP contribution in [-0.2, 0) is 4.74 Å². The molecule has 0 N–H and O–H groups in total. The summed E-state index contributed by atoms with van der Waals surface area (Å²) in [6, 6.07) is 1.98. The lowest BCUT2D eigenvalue weighted by atomic mass is 9.90. The number of carbonyl (C=O) groups is 1. The minimum absolute atomic E-state index is 0.0137. The molecular weight excluding hydrogens is 541 g/mol. The summed E-state index contributed by atoms with van der Waals surface area (Å²) >= 11 is 3.40. The molecule has 11 heteroatoms. The van der Waals surface area contributed by atoms with Crippen molar-refractivity contribution >= 4 is 49.8 Å². The molecule has 4 heterocycles. The fourth-order valence-corrected chi connectivity index (χ4v) is 5.49. The molecule has 9 nitrogen and oxygen atoms in total. The summed E-state index contributed by atoms with van der Waals surface area (Å²) in [7, 11) is 4.14. The second-order valence-electron chi connectivity index (χ2n) is 11.8. The molecular formula is C26H35BrFN7O2. The molecule has 3 aromatic rings. The largest absolute Gasteiger partial charge is 0.444 e. The highest BCUT2D eigenvalue weighted by atomic mass is 79.9. The van der Waals surface area contributed by atoms with Crippen LogP contribution in [0.1, 0.15) is 52.1 Å². The number of likely N-dealkylation sites (N-methyl/N-ethyl adjacent to an activating group) is 1. The van der Waals surface area contributed by atoms with Gasteiger partial charge in [-0.1, -0.05) is 5.21 Å². The van der Waals surface area contributed by atoms with Crippen molar-refractivity contribution < 1.29 is 13.9 Å². The Morgan fingerprint density at radius 1 is 1.22 bits per heavy atom. The standard InChI is InChI=1S/C26H35BrFN7O2/c1-15-12-17-20(19(28)18(15)27)29-23(34-13-26(5,14-34)32(6)7)21-22(17)35(31-30-21)16-8-10-33(11-9-16)24(36)37-25(2,3)4/h12,16H,8-11,13-14H2,1-7H3. The Balaban J connectivity index is 1.54. The molecule has 2 aliphatic heterocycles. The van der Waals surface area contributed by atoms with Gasteiger partial charge in [0.15, 0.2) is 17.2 Å². The van der Waals surface area contributed by atoms with Crippen LogP contribution in [0.2, 0.25) is 0 Å². The van der Waals surface area contributed by atoms with Crippen LogP contribution in [0.3, 0.4) is 0 Å². The van der Waals surface area contributed by atoms with E-state index >= 15 is 4.39 Å². The SMILES string of the molecule is Cc1cc2c(nc(N3CC(C)(N(C)C)C3)c3nnn(C4CCN(C(=O)OC(C)(C)C)CC4)c32)c(F)c1Br. The number of likely N-dealkylation sites (tertiary alicyclic amines) is 1. The Bertz CT molecular complexity index is 1370. The first kappa shape index (κ1) is 26.1. The highest BCUT2D eigenvalue weighted by Gasteiger charge is 2.43. The number of fused-ring (bicyclic) bond motifs is 3. The van der Waals surface area contributed by atoms with Gasteiger partial charge in [-0.05, 0) is 89.1 Å². The number of halogens is 2. The van der Waals surface area contributed by atoms with Crippen LogP contribution in [-0.4, -0.2) is 87.3 Å². The van der Waals surface area contributed by atoms with Gasteiger partial charge in [0.05, 0.1) is 16.1 Å². The highest BCUT2D eigenvalue weighted by molar-refractivity contribution is 9.10. The van der Waals surface area contributed by atoms with E-state index in [1.54, 1.807) is 4.90 Å². The number of nitrogens with zero attached hydrogens (tertiary/aromatic N) is 7. The van der Waals surface area contributed by atoms with Gasteiger partial charge in [-0.2, -0.15) is 0 Å². The van der Waals surface area contributed by atoms with Crippen molar-refractivity contribution in [3.8, 4) is 0 Å². The molecule has 5 rings (SSSR count). The van der Waals surface area contributed by atoms with Crippen LogP contribution < -0.4 is 4.90 Å². The van der Waals surface area contributed by atoms with Gasteiger partial charge in [0.1, 0.15) is 16.6 Å². The maximum atomic E-state index is 15.5. The second-order valence-corrected chi connectivity index (χ2v) is 12.6. The van der Waals surface area contributed by atoms with Crippen molar-refractivity contribution in [2.75, 3.05) is 45.2 Å². The number of aryl methyl sites for hydroxylation is 1. The number of pyridine rings is 1. The quantitative estimate of drug-likeness (QED) is 0.439. The molecule has 2 saturated heterocycles. The molecule has 0 bridgehead atoms. The van der Waals surface area contributed by atoms with E-state index in [0.717, 1.165) is 24.2 Å². The van der Waals surface area contributed by atoms with Crippen molar-refractivity contribution in [1.82, 2.24) is 29.8 Å².